The lowest BCUT2D eigenvalue weighted by molar-refractivity contribution is 0.101. The van der Waals surface area contributed by atoms with Crippen LogP contribution >= 0.6 is 0 Å². The standard InChI is InChI=1S/C15H18N4O2/c1-11(20)13-4-6-14(7-5-13)17-15(21)18(2)9-12-8-16-19(3)10-12/h4-8,10H,9H2,1-3H3,(H,17,21). The number of anilines is 1. The molecule has 2 amide bonds. The van der Waals surface area contributed by atoms with Gasteiger partial charge in [0.2, 0.25) is 0 Å². The summed E-state index contributed by atoms with van der Waals surface area (Å²) < 4.78 is 1.70. The highest BCUT2D eigenvalue weighted by molar-refractivity contribution is 5.95. The number of amides is 2. The third-order valence-corrected chi connectivity index (χ3v) is 3.07. The summed E-state index contributed by atoms with van der Waals surface area (Å²) in [6, 6.07) is 6.60. The molecule has 21 heavy (non-hydrogen) atoms. The number of carbonyl (C=O) groups is 2. The number of rotatable bonds is 4. The first-order chi connectivity index (χ1) is 9.95. The van der Waals surface area contributed by atoms with Crippen molar-refractivity contribution in [2.75, 3.05) is 12.4 Å². The lowest BCUT2D eigenvalue weighted by atomic mass is 10.1. The second kappa shape index (κ2) is 6.21. The van der Waals surface area contributed by atoms with E-state index in [1.807, 2.05) is 13.2 Å². The van der Waals surface area contributed by atoms with Crippen molar-refractivity contribution < 1.29 is 9.59 Å². The van der Waals surface area contributed by atoms with Gasteiger partial charge in [-0.1, -0.05) is 0 Å². The predicted molar refractivity (Wildman–Crippen MR) is 80.1 cm³/mol. The lowest BCUT2D eigenvalue weighted by Crippen LogP contribution is -2.30. The van der Waals surface area contributed by atoms with Gasteiger partial charge in [-0.25, -0.2) is 4.79 Å². The number of aryl methyl sites for hydroxylation is 1. The monoisotopic (exact) mass is 286 g/mol. The number of ketones is 1. The molecule has 0 saturated heterocycles. The van der Waals surface area contributed by atoms with Gasteiger partial charge in [0.15, 0.2) is 5.78 Å². The molecule has 0 radical (unpaired) electrons. The molecule has 1 aromatic heterocycles. The maximum atomic E-state index is 12.1. The Morgan fingerprint density at radius 2 is 1.95 bits per heavy atom. The van der Waals surface area contributed by atoms with Crippen LogP contribution in [0.15, 0.2) is 36.7 Å². The Kier molecular flexibility index (Phi) is 4.37. The first-order valence-electron chi connectivity index (χ1n) is 6.56. The molecule has 0 atom stereocenters. The van der Waals surface area contributed by atoms with E-state index in [-0.39, 0.29) is 11.8 Å². The van der Waals surface area contributed by atoms with Crippen molar-refractivity contribution in [1.82, 2.24) is 14.7 Å². The largest absolute Gasteiger partial charge is 0.323 e. The lowest BCUT2D eigenvalue weighted by Gasteiger charge is -2.17. The summed E-state index contributed by atoms with van der Waals surface area (Å²) in [5.41, 5.74) is 2.24. The van der Waals surface area contributed by atoms with Gasteiger partial charge in [0, 0.05) is 37.1 Å². The summed E-state index contributed by atoms with van der Waals surface area (Å²) in [6.45, 7) is 1.99. The van der Waals surface area contributed by atoms with Crippen molar-refractivity contribution in [2.24, 2.45) is 7.05 Å². The molecular formula is C15H18N4O2. The molecule has 0 unspecified atom stereocenters. The number of carbonyl (C=O) groups excluding carboxylic acids is 2. The van der Waals surface area contributed by atoms with E-state index in [4.69, 9.17) is 0 Å². The van der Waals surface area contributed by atoms with Gasteiger partial charge in [0.05, 0.1) is 12.7 Å². The molecule has 0 bridgehead atoms. The predicted octanol–water partition coefficient (Wildman–Crippen LogP) is 2.29. The smallest absolute Gasteiger partial charge is 0.321 e. The quantitative estimate of drug-likeness (QED) is 0.877. The van der Waals surface area contributed by atoms with Gasteiger partial charge in [-0.15, -0.1) is 0 Å². The molecule has 0 aliphatic rings. The van der Waals surface area contributed by atoms with Crippen LogP contribution in [0.1, 0.15) is 22.8 Å². The number of urea groups is 1. The van der Waals surface area contributed by atoms with Gasteiger partial charge < -0.3 is 10.2 Å². The van der Waals surface area contributed by atoms with Crippen molar-refractivity contribution in [1.29, 1.82) is 0 Å². The van der Waals surface area contributed by atoms with Gasteiger partial charge in [0.1, 0.15) is 0 Å². The van der Waals surface area contributed by atoms with Gasteiger partial charge in [0.25, 0.3) is 0 Å². The Hall–Kier alpha value is -2.63. The average Bonchev–Trinajstić information content (AvgIpc) is 2.84. The number of nitrogens with one attached hydrogen (secondary N) is 1. The second-order valence-electron chi connectivity index (χ2n) is 4.94. The average molecular weight is 286 g/mol. The molecule has 6 heteroatoms. The van der Waals surface area contributed by atoms with Crippen LogP contribution in [0.2, 0.25) is 0 Å². The van der Waals surface area contributed by atoms with E-state index in [9.17, 15) is 9.59 Å². The molecule has 0 aliphatic heterocycles. The van der Waals surface area contributed by atoms with E-state index in [1.165, 1.54) is 6.92 Å². The SMILES string of the molecule is CC(=O)c1ccc(NC(=O)N(C)Cc2cnn(C)c2)cc1. The number of hydrogen-bond donors (Lipinski definition) is 1. The molecule has 6 nitrogen and oxygen atoms in total. The fraction of sp³-hybridized carbons (Fsp3) is 0.267. The van der Waals surface area contributed by atoms with Crippen molar-refractivity contribution in [3.8, 4) is 0 Å². The Bertz CT molecular complexity index is 646. The van der Waals surface area contributed by atoms with Crippen molar-refractivity contribution in [3.63, 3.8) is 0 Å². The fourth-order valence-corrected chi connectivity index (χ4v) is 1.91. The molecular weight excluding hydrogens is 268 g/mol. The van der Waals surface area contributed by atoms with Crippen LogP contribution in [-0.2, 0) is 13.6 Å². The zero-order valence-electron chi connectivity index (χ0n) is 12.3. The molecule has 0 saturated carbocycles. The van der Waals surface area contributed by atoms with Crippen LogP contribution < -0.4 is 5.32 Å². The summed E-state index contributed by atoms with van der Waals surface area (Å²) in [5.74, 6) is 0.00146. The number of nitrogens with zero attached hydrogens (tertiary/aromatic N) is 3. The van der Waals surface area contributed by atoms with Crippen LogP contribution in [0.5, 0.6) is 0 Å². The minimum absolute atomic E-state index is 0.00146. The van der Waals surface area contributed by atoms with Crippen LogP contribution in [-0.4, -0.2) is 33.5 Å². The molecule has 1 N–H and O–H groups in total. The van der Waals surface area contributed by atoms with Gasteiger partial charge in [-0.2, -0.15) is 5.10 Å². The maximum absolute atomic E-state index is 12.1. The summed E-state index contributed by atoms with van der Waals surface area (Å²) >= 11 is 0. The van der Waals surface area contributed by atoms with Crippen molar-refractivity contribution >= 4 is 17.5 Å². The number of aromatic nitrogens is 2. The highest BCUT2D eigenvalue weighted by Gasteiger charge is 2.10. The van der Waals surface area contributed by atoms with Crippen LogP contribution in [0, 0.1) is 0 Å². The summed E-state index contributed by atoms with van der Waals surface area (Å²) in [4.78, 5) is 24.8. The van der Waals surface area contributed by atoms with Crippen LogP contribution in [0.25, 0.3) is 0 Å². The Labute approximate surface area is 123 Å². The first-order valence-corrected chi connectivity index (χ1v) is 6.56. The molecule has 2 rings (SSSR count). The zero-order chi connectivity index (χ0) is 15.4. The molecule has 2 aromatic rings. The molecule has 110 valence electrons. The van der Waals surface area contributed by atoms with Crippen molar-refractivity contribution in [2.45, 2.75) is 13.5 Å². The van der Waals surface area contributed by atoms with E-state index in [0.717, 1.165) is 5.56 Å². The number of Topliss-reactive ketones (excluding diaryl/α,β-unsaturated/α-hetero) is 1. The van der Waals surface area contributed by atoms with E-state index in [1.54, 1.807) is 47.1 Å². The van der Waals surface area contributed by atoms with Crippen LogP contribution in [0.3, 0.4) is 0 Å². The molecule has 1 aromatic carbocycles. The van der Waals surface area contributed by atoms with E-state index in [2.05, 4.69) is 10.4 Å². The third kappa shape index (κ3) is 3.92. The van der Waals surface area contributed by atoms with E-state index in [0.29, 0.717) is 17.8 Å². The van der Waals surface area contributed by atoms with E-state index < -0.39 is 0 Å². The highest BCUT2D eigenvalue weighted by atomic mass is 16.2. The molecule has 0 spiro atoms. The molecule has 0 fully saturated rings. The third-order valence-electron chi connectivity index (χ3n) is 3.07. The normalized spacial score (nSPS) is 10.2. The Morgan fingerprint density at radius 3 is 2.48 bits per heavy atom. The van der Waals surface area contributed by atoms with Crippen LogP contribution in [0.4, 0.5) is 10.5 Å². The van der Waals surface area contributed by atoms with Gasteiger partial charge in [-0.05, 0) is 31.2 Å². The highest BCUT2D eigenvalue weighted by Crippen LogP contribution is 2.11. The zero-order valence-corrected chi connectivity index (χ0v) is 12.3. The van der Waals surface area contributed by atoms with Gasteiger partial charge >= 0.3 is 6.03 Å². The summed E-state index contributed by atoms with van der Waals surface area (Å²) in [7, 11) is 3.55. The van der Waals surface area contributed by atoms with E-state index >= 15 is 0 Å². The second-order valence-corrected chi connectivity index (χ2v) is 4.94. The fourth-order valence-electron chi connectivity index (χ4n) is 1.91. The topological polar surface area (TPSA) is 67.2 Å². The molecule has 1 heterocycles. The summed E-state index contributed by atoms with van der Waals surface area (Å²) in [5, 5.41) is 6.85. The minimum atomic E-state index is -0.213. The van der Waals surface area contributed by atoms with Crippen molar-refractivity contribution in [3.05, 3.63) is 47.8 Å². The Morgan fingerprint density at radius 1 is 1.29 bits per heavy atom. The maximum Gasteiger partial charge on any atom is 0.321 e. The molecule has 0 aliphatic carbocycles. The Balaban J connectivity index is 1.95. The summed E-state index contributed by atoms with van der Waals surface area (Å²) in [6.07, 6.45) is 3.59. The van der Waals surface area contributed by atoms with Gasteiger partial charge in [-0.3, -0.25) is 9.48 Å². The first kappa shape index (κ1) is 14.8. The minimum Gasteiger partial charge on any atom is -0.323 e. The number of hydrogen-bond acceptors (Lipinski definition) is 3. The number of benzene rings is 1.